The van der Waals surface area contributed by atoms with Gasteiger partial charge in [-0.25, -0.2) is 0 Å². The lowest BCUT2D eigenvalue weighted by Gasteiger charge is -2.08. The predicted octanol–water partition coefficient (Wildman–Crippen LogP) is 5.87. The van der Waals surface area contributed by atoms with Gasteiger partial charge in [-0.2, -0.15) is 0 Å². The molecule has 0 unspecified atom stereocenters. The molecule has 18 heavy (non-hydrogen) atoms. The molecule has 3 aromatic rings. The molecule has 0 aliphatic rings. The van der Waals surface area contributed by atoms with Crippen molar-refractivity contribution in [3.8, 4) is 11.1 Å². The zero-order valence-corrected chi connectivity index (χ0v) is 13.3. The SMILES string of the molecule is Brc1ccc(-c2cccc3ccccc23)cc1I. The lowest BCUT2D eigenvalue weighted by atomic mass is 9.98. The predicted molar refractivity (Wildman–Crippen MR) is 89.8 cm³/mol. The first-order valence-corrected chi connectivity index (χ1v) is 7.56. The van der Waals surface area contributed by atoms with E-state index in [1.165, 1.54) is 25.5 Å². The van der Waals surface area contributed by atoms with Gasteiger partial charge in [0.2, 0.25) is 0 Å². The normalized spacial score (nSPS) is 10.8. The highest BCUT2D eigenvalue weighted by Gasteiger charge is 2.05. The lowest BCUT2D eigenvalue weighted by Crippen LogP contribution is -1.83. The Balaban J connectivity index is 2.28. The Morgan fingerprint density at radius 3 is 2.44 bits per heavy atom. The molecule has 88 valence electrons. The molecule has 0 nitrogen and oxygen atoms in total. The Kier molecular flexibility index (Phi) is 3.39. The highest BCUT2D eigenvalue weighted by atomic mass is 127. The number of fused-ring (bicyclic) bond motifs is 1. The Bertz CT molecular complexity index is 714. The minimum Gasteiger partial charge on any atom is -0.0616 e. The van der Waals surface area contributed by atoms with Crippen molar-refractivity contribution in [3.63, 3.8) is 0 Å². The number of halogens is 2. The fourth-order valence-corrected chi connectivity index (χ4v) is 2.90. The fraction of sp³-hybridized carbons (Fsp3) is 0. The van der Waals surface area contributed by atoms with Crippen molar-refractivity contribution in [1.82, 2.24) is 0 Å². The van der Waals surface area contributed by atoms with Gasteiger partial charge in [-0.15, -0.1) is 0 Å². The average Bonchev–Trinajstić information content (AvgIpc) is 2.41. The number of benzene rings is 3. The van der Waals surface area contributed by atoms with Gasteiger partial charge in [-0.1, -0.05) is 48.5 Å². The second-order valence-electron chi connectivity index (χ2n) is 4.16. The van der Waals surface area contributed by atoms with Crippen molar-refractivity contribution in [2.45, 2.75) is 0 Å². The van der Waals surface area contributed by atoms with E-state index in [0.29, 0.717) is 0 Å². The summed E-state index contributed by atoms with van der Waals surface area (Å²) >= 11 is 5.90. The topological polar surface area (TPSA) is 0 Å². The third-order valence-electron chi connectivity index (χ3n) is 3.02. The van der Waals surface area contributed by atoms with Crippen molar-refractivity contribution in [2.24, 2.45) is 0 Å². The highest BCUT2D eigenvalue weighted by molar-refractivity contribution is 14.1. The Morgan fingerprint density at radius 1 is 0.833 bits per heavy atom. The molecule has 0 aliphatic heterocycles. The molecule has 0 saturated heterocycles. The van der Waals surface area contributed by atoms with Gasteiger partial charge in [0.25, 0.3) is 0 Å². The summed E-state index contributed by atoms with van der Waals surface area (Å²) in [4.78, 5) is 0. The van der Waals surface area contributed by atoms with Crippen LogP contribution in [0, 0.1) is 3.57 Å². The molecule has 0 atom stereocenters. The first-order chi connectivity index (χ1) is 8.75. The van der Waals surface area contributed by atoms with Gasteiger partial charge >= 0.3 is 0 Å². The summed E-state index contributed by atoms with van der Waals surface area (Å²) in [6.07, 6.45) is 0. The first kappa shape index (κ1) is 12.2. The van der Waals surface area contributed by atoms with Crippen LogP contribution in [-0.2, 0) is 0 Å². The van der Waals surface area contributed by atoms with Crippen LogP contribution >= 0.6 is 38.5 Å². The molecule has 0 heterocycles. The summed E-state index contributed by atoms with van der Waals surface area (Å²) in [5.41, 5.74) is 2.55. The number of hydrogen-bond acceptors (Lipinski definition) is 0. The average molecular weight is 409 g/mol. The van der Waals surface area contributed by atoms with Crippen LogP contribution < -0.4 is 0 Å². The molecule has 0 spiro atoms. The van der Waals surface area contributed by atoms with E-state index in [1.807, 2.05) is 0 Å². The van der Waals surface area contributed by atoms with Crippen LogP contribution in [0.25, 0.3) is 21.9 Å². The maximum atomic E-state index is 3.54. The van der Waals surface area contributed by atoms with Gasteiger partial charge in [0.1, 0.15) is 0 Å². The molecule has 0 aromatic heterocycles. The van der Waals surface area contributed by atoms with Gasteiger partial charge in [-0.05, 0) is 72.6 Å². The summed E-state index contributed by atoms with van der Waals surface area (Å²) in [5, 5.41) is 2.59. The standard InChI is InChI=1S/C16H10BrI/c17-15-9-8-12(10-16(15)18)14-7-3-5-11-4-1-2-6-13(11)14/h1-10H. The zero-order valence-electron chi connectivity index (χ0n) is 9.53. The van der Waals surface area contributed by atoms with Crippen molar-refractivity contribution in [3.05, 3.63) is 68.7 Å². The minimum absolute atomic E-state index is 1.15. The quantitative estimate of drug-likeness (QED) is 0.441. The van der Waals surface area contributed by atoms with Crippen LogP contribution in [0.15, 0.2) is 65.1 Å². The third-order valence-corrected chi connectivity index (χ3v) is 5.35. The maximum absolute atomic E-state index is 3.54. The van der Waals surface area contributed by atoms with E-state index in [9.17, 15) is 0 Å². The summed E-state index contributed by atoms with van der Waals surface area (Å²) in [6.45, 7) is 0. The van der Waals surface area contributed by atoms with E-state index in [1.54, 1.807) is 0 Å². The van der Waals surface area contributed by atoms with Crippen LogP contribution in [0.1, 0.15) is 0 Å². The zero-order chi connectivity index (χ0) is 12.5. The summed E-state index contributed by atoms with van der Waals surface area (Å²) in [6, 6.07) is 21.4. The monoisotopic (exact) mass is 408 g/mol. The Hall–Kier alpha value is -0.870. The molecule has 0 radical (unpaired) electrons. The molecule has 3 aromatic carbocycles. The van der Waals surface area contributed by atoms with E-state index in [-0.39, 0.29) is 0 Å². The van der Waals surface area contributed by atoms with Crippen LogP contribution in [-0.4, -0.2) is 0 Å². The molecule has 0 N–H and O–H groups in total. The van der Waals surface area contributed by atoms with E-state index >= 15 is 0 Å². The second-order valence-corrected chi connectivity index (χ2v) is 6.17. The van der Waals surface area contributed by atoms with Gasteiger partial charge in [0, 0.05) is 8.04 Å². The van der Waals surface area contributed by atoms with Gasteiger partial charge in [0.15, 0.2) is 0 Å². The Morgan fingerprint density at radius 2 is 1.61 bits per heavy atom. The molecule has 0 saturated carbocycles. The van der Waals surface area contributed by atoms with Crippen molar-refractivity contribution >= 4 is 49.3 Å². The van der Waals surface area contributed by atoms with Crippen LogP contribution in [0.2, 0.25) is 0 Å². The van der Waals surface area contributed by atoms with E-state index in [2.05, 4.69) is 99.2 Å². The molecular formula is C16H10BrI. The molecule has 0 aliphatic carbocycles. The highest BCUT2D eigenvalue weighted by Crippen LogP contribution is 2.31. The summed E-state index contributed by atoms with van der Waals surface area (Å²) in [7, 11) is 0. The van der Waals surface area contributed by atoms with E-state index in [0.717, 1.165) is 4.47 Å². The Labute approximate surface area is 128 Å². The van der Waals surface area contributed by atoms with Crippen LogP contribution in [0.4, 0.5) is 0 Å². The molecule has 0 fully saturated rings. The minimum atomic E-state index is 1.15. The van der Waals surface area contributed by atoms with Crippen molar-refractivity contribution in [2.75, 3.05) is 0 Å². The largest absolute Gasteiger partial charge is 0.0616 e. The van der Waals surface area contributed by atoms with Gasteiger partial charge in [-0.3, -0.25) is 0 Å². The number of hydrogen-bond donors (Lipinski definition) is 0. The molecule has 0 amide bonds. The first-order valence-electron chi connectivity index (χ1n) is 5.69. The van der Waals surface area contributed by atoms with Crippen LogP contribution in [0.3, 0.4) is 0 Å². The number of rotatable bonds is 1. The van der Waals surface area contributed by atoms with Gasteiger partial charge in [0.05, 0.1) is 0 Å². The van der Waals surface area contributed by atoms with Crippen molar-refractivity contribution in [1.29, 1.82) is 0 Å². The molecular weight excluding hydrogens is 399 g/mol. The fourth-order valence-electron chi connectivity index (χ4n) is 2.14. The molecule has 3 rings (SSSR count). The summed E-state index contributed by atoms with van der Waals surface area (Å²) in [5.74, 6) is 0. The maximum Gasteiger partial charge on any atom is 0.0309 e. The second kappa shape index (κ2) is 5.02. The van der Waals surface area contributed by atoms with Gasteiger partial charge < -0.3 is 0 Å². The summed E-state index contributed by atoms with van der Waals surface area (Å²) < 4.78 is 2.38. The lowest BCUT2D eigenvalue weighted by molar-refractivity contribution is 1.57. The van der Waals surface area contributed by atoms with Crippen molar-refractivity contribution < 1.29 is 0 Å². The molecule has 0 bridgehead atoms. The third kappa shape index (κ3) is 2.19. The molecule has 2 heteroatoms. The van der Waals surface area contributed by atoms with E-state index < -0.39 is 0 Å². The van der Waals surface area contributed by atoms with Crippen LogP contribution in [0.5, 0.6) is 0 Å². The smallest absolute Gasteiger partial charge is 0.0309 e. The van der Waals surface area contributed by atoms with E-state index in [4.69, 9.17) is 0 Å².